The van der Waals surface area contributed by atoms with Crippen LogP contribution >= 0.6 is 27.5 Å². The molecule has 1 aromatic rings. The number of carbonyl (C=O) groups excluding carboxylic acids is 1. The van der Waals surface area contributed by atoms with Crippen molar-refractivity contribution in [2.24, 2.45) is 0 Å². The molecule has 7 heteroatoms. The fourth-order valence-electron chi connectivity index (χ4n) is 1.17. The zero-order chi connectivity index (χ0) is 12.5. The average Bonchev–Trinajstić information content (AvgIpc) is 2.15. The lowest BCUT2D eigenvalue weighted by Crippen LogP contribution is -2.03. The molecule has 0 saturated heterocycles. The van der Waals surface area contributed by atoms with Gasteiger partial charge in [-0.2, -0.15) is 0 Å². The van der Waals surface area contributed by atoms with Crippen LogP contribution in [0.25, 0.3) is 0 Å². The Morgan fingerprint density at radius 2 is 2.00 bits per heavy atom. The highest BCUT2D eigenvalue weighted by Crippen LogP contribution is 2.35. The van der Waals surface area contributed by atoms with E-state index in [2.05, 4.69) is 15.9 Å². The first-order chi connectivity index (χ1) is 7.29. The van der Waals surface area contributed by atoms with Crippen LogP contribution in [0.4, 0.5) is 0 Å². The summed E-state index contributed by atoms with van der Waals surface area (Å²) in [6, 6.07) is 2.62. The van der Waals surface area contributed by atoms with E-state index in [4.69, 9.17) is 16.3 Å². The Bertz CT molecular complexity index is 539. The van der Waals surface area contributed by atoms with Gasteiger partial charge in [0.25, 0.3) is 5.24 Å². The molecule has 0 bridgehead atoms. The first-order valence-corrected chi connectivity index (χ1v) is 7.11. The smallest absolute Gasteiger partial charge is 0.253 e. The lowest BCUT2D eigenvalue weighted by molar-refractivity contribution is 0.108. The number of rotatable bonds is 3. The largest absolute Gasteiger partial charge is 0.494 e. The van der Waals surface area contributed by atoms with Crippen molar-refractivity contribution in [1.29, 1.82) is 0 Å². The SMILES string of the molecule is COc1c(S(C)(=O)=O)ccc(C(=O)Cl)c1Br. The Balaban J connectivity index is 3.60. The third-order valence-electron chi connectivity index (χ3n) is 1.88. The third kappa shape index (κ3) is 2.56. The molecule has 0 unspecified atom stereocenters. The minimum atomic E-state index is -3.42. The van der Waals surface area contributed by atoms with Gasteiger partial charge in [0.2, 0.25) is 0 Å². The minimum Gasteiger partial charge on any atom is -0.494 e. The van der Waals surface area contributed by atoms with E-state index in [9.17, 15) is 13.2 Å². The molecule has 0 spiro atoms. The van der Waals surface area contributed by atoms with Crippen LogP contribution in [0.15, 0.2) is 21.5 Å². The fourth-order valence-corrected chi connectivity index (χ4v) is 3.10. The Labute approximate surface area is 107 Å². The summed E-state index contributed by atoms with van der Waals surface area (Å²) in [5.41, 5.74) is 0.158. The van der Waals surface area contributed by atoms with E-state index < -0.39 is 15.1 Å². The minimum absolute atomic E-state index is 0.00328. The van der Waals surface area contributed by atoms with Crippen molar-refractivity contribution in [2.75, 3.05) is 13.4 Å². The molecule has 0 amide bonds. The summed E-state index contributed by atoms with van der Waals surface area (Å²) < 4.78 is 28.0. The summed E-state index contributed by atoms with van der Waals surface area (Å²) in [6.45, 7) is 0. The number of sulfone groups is 1. The summed E-state index contributed by atoms with van der Waals surface area (Å²) in [5.74, 6) is 0.0778. The second kappa shape index (κ2) is 4.73. The first kappa shape index (κ1) is 13.5. The number of halogens is 2. The zero-order valence-corrected chi connectivity index (χ0v) is 11.6. The van der Waals surface area contributed by atoms with Gasteiger partial charge in [-0.25, -0.2) is 8.42 Å². The van der Waals surface area contributed by atoms with E-state index in [0.29, 0.717) is 0 Å². The Kier molecular flexibility index (Phi) is 3.98. The summed E-state index contributed by atoms with van der Waals surface area (Å²) in [6.07, 6.45) is 1.06. The van der Waals surface area contributed by atoms with Gasteiger partial charge in [-0.3, -0.25) is 4.79 Å². The maximum Gasteiger partial charge on any atom is 0.253 e. The second-order valence-electron chi connectivity index (χ2n) is 3.00. The van der Waals surface area contributed by atoms with Crippen LogP contribution in [0.1, 0.15) is 10.4 Å². The summed E-state index contributed by atoms with van der Waals surface area (Å²) in [5, 5.41) is -0.690. The van der Waals surface area contributed by atoms with Gasteiger partial charge in [-0.15, -0.1) is 0 Å². The van der Waals surface area contributed by atoms with Crippen molar-refractivity contribution in [3.63, 3.8) is 0 Å². The molecule has 88 valence electrons. The predicted octanol–water partition coefficient (Wildman–Crippen LogP) is 2.24. The molecule has 0 aliphatic carbocycles. The maximum absolute atomic E-state index is 11.4. The van der Waals surface area contributed by atoms with E-state index in [0.717, 1.165) is 6.26 Å². The quantitative estimate of drug-likeness (QED) is 0.799. The fraction of sp³-hybridized carbons (Fsp3) is 0.222. The van der Waals surface area contributed by atoms with E-state index in [1.165, 1.54) is 19.2 Å². The maximum atomic E-state index is 11.4. The highest BCUT2D eigenvalue weighted by Gasteiger charge is 2.21. The Hall–Kier alpha value is -0.590. The number of ether oxygens (including phenoxy) is 1. The van der Waals surface area contributed by atoms with Crippen molar-refractivity contribution >= 4 is 42.6 Å². The standard InChI is InChI=1S/C9H8BrClO4S/c1-15-8-6(16(2,13)14)4-3-5(7(8)10)9(11)12/h3-4H,1-2H3. The molecule has 1 aromatic carbocycles. The van der Waals surface area contributed by atoms with Crippen LogP contribution in [0, 0.1) is 0 Å². The molecule has 4 nitrogen and oxygen atoms in total. The van der Waals surface area contributed by atoms with Gasteiger partial charge in [-0.1, -0.05) is 0 Å². The average molecular weight is 328 g/mol. The molecule has 0 saturated carbocycles. The predicted molar refractivity (Wildman–Crippen MR) is 64.0 cm³/mol. The molecule has 0 fully saturated rings. The van der Waals surface area contributed by atoms with E-state index in [1.54, 1.807) is 0 Å². The van der Waals surface area contributed by atoms with Crippen molar-refractivity contribution in [3.8, 4) is 5.75 Å². The number of carbonyl (C=O) groups is 1. The lowest BCUT2D eigenvalue weighted by Gasteiger charge is -2.10. The van der Waals surface area contributed by atoms with E-state index >= 15 is 0 Å². The van der Waals surface area contributed by atoms with Gasteiger partial charge < -0.3 is 4.74 Å². The van der Waals surface area contributed by atoms with E-state index in [-0.39, 0.29) is 20.7 Å². The van der Waals surface area contributed by atoms with Gasteiger partial charge >= 0.3 is 0 Å². The van der Waals surface area contributed by atoms with Crippen molar-refractivity contribution in [3.05, 3.63) is 22.2 Å². The van der Waals surface area contributed by atoms with Crippen LogP contribution in [0.3, 0.4) is 0 Å². The normalized spacial score (nSPS) is 11.2. The topological polar surface area (TPSA) is 60.4 Å². The summed E-state index contributed by atoms with van der Waals surface area (Å²) in [7, 11) is -2.10. The molecule has 0 radical (unpaired) electrons. The molecule has 1 rings (SSSR count). The van der Waals surface area contributed by atoms with Gasteiger partial charge in [0.15, 0.2) is 15.6 Å². The van der Waals surface area contributed by atoms with Crippen LogP contribution in [-0.4, -0.2) is 27.0 Å². The summed E-state index contributed by atoms with van der Waals surface area (Å²) in [4.78, 5) is 11.0. The number of methoxy groups -OCH3 is 1. The van der Waals surface area contributed by atoms with Crippen LogP contribution in [0.2, 0.25) is 0 Å². The highest BCUT2D eigenvalue weighted by molar-refractivity contribution is 9.10. The number of hydrogen-bond donors (Lipinski definition) is 0. The van der Waals surface area contributed by atoms with Gasteiger partial charge in [0, 0.05) is 6.26 Å². The third-order valence-corrected chi connectivity index (χ3v) is 3.99. The van der Waals surface area contributed by atoms with Crippen molar-refractivity contribution in [2.45, 2.75) is 4.90 Å². The van der Waals surface area contributed by atoms with Crippen molar-refractivity contribution in [1.82, 2.24) is 0 Å². The first-order valence-electron chi connectivity index (χ1n) is 4.05. The molecule has 0 aliphatic heterocycles. The molecule has 0 N–H and O–H groups in total. The lowest BCUT2D eigenvalue weighted by atomic mass is 10.2. The number of hydrogen-bond acceptors (Lipinski definition) is 4. The summed E-state index contributed by atoms with van der Waals surface area (Å²) >= 11 is 8.42. The van der Waals surface area contributed by atoms with Gasteiger partial charge in [0.05, 0.1) is 17.1 Å². The Morgan fingerprint density at radius 1 is 1.44 bits per heavy atom. The molecule has 16 heavy (non-hydrogen) atoms. The molecule has 0 atom stereocenters. The molecular formula is C9H8BrClO4S. The molecular weight excluding hydrogens is 320 g/mol. The Morgan fingerprint density at radius 3 is 2.38 bits per heavy atom. The van der Waals surface area contributed by atoms with Crippen LogP contribution < -0.4 is 4.74 Å². The molecule has 0 heterocycles. The number of benzene rings is 1. The monoisotopic (exact) mass is 326 g/mol. The van der Waals surface area contributed by atoms with Crippen LogP contribution in [-0.2, 0) is 9.84 Å². The molecule has 0 aliphatic rings. The van der Waals surface area contributed by atoms with Crippen molar-refractivity contribution < 1.29 is 17.9 Å². The van der Waals surface area contributed by atoms with Gasteiger partial charge in [-0.05, 0) is 39.7 Å². The van der Waals surface area contributed by atoms with Gasteiger partial charge in [0.1, 0.15) is 4.90 Å². The second-order valence-corrected chi connectivity index (χ2v) is 6.12. The van der Waals surface area contributed by atoms with E-state index in [1.807, 2.05) is 0 Å². The van der Waals surface area contributed by atoms with Crippen LogP contribution in [0.5, 0.6) is 5.75 Å². The molecule has 0 aromatic heterocycles. The highest BCUT2D eigenvalue weighted by atomic mass is 79.9. The zero-order valence-electron chi connectivity index (χ0n) is 8.45.